The van der Waals surface area contributed by atoms with Crippen molar-refractivity contribution >= 4 is 43.6 Å². The normalized spacial score (nSPS) is 11.6. The zero-order valence-electron chi connectivity index (χ0n) is 26.7. The number of nitrogens with zero attached hydrogens (tertiary/aromatic N) is 7. The molecule has 0 fully saturated rings. The quantitative estimate of drug-likeness (QED) is 0.187. The summed E-state index contributed by atoms with van der Waals surface area (Å²) in [6.45, 7) is 0. The fourth-order valence-corrected chi connectivity index (χ4v) is 7.09. The molecule has 0 atom stereocenters. The molecule has 5 heterocycles. The Bertz CT molecular complexity index is 2800. The topological polar surface area (TPSA) is 74.3 Å². The highest BCUT2D eigenvalue weighted by atomic mass is 15.1. The first-order valence-corrected chi connectivity index (χ1v) is 16.5. The first-order valence-electron chi connectivity index (χ1n) is 16.5. The van der Waals surface area contributed by atoms with Crippen molar-refractivity contribution in [2.45, 2.75) is 0 Å². The third-order valence-electron chi connectivity index (χ3n) is 9.24. The van der Waals surface area contributed by atoms with Crippen molar-refractivity contribution in [3.63, 3.8) is 0 Å². The van der Waals surface area contributed by atoms with Crippen molar-refractivity contribution in [3.05, 3.63) is 164 Å². The van der Waals surface area contributed by atoms with Gasteiger partial charge in [0.1, 0.15) is 17.3 Å². The molecule has 0 aliphatic carbocycles. The molecule has 50 heavy (non-hydrogen) atoms. The molecule has 0 radical (unpaired) electrons. The third kappa shape index (κ3) is 4.41. The number of rotatable bonds is 5. The molecule has 0 spiro atoms. The van der Waals surface area contributed by atoms with Crippen LogP contribution >= 0.6 is 0 Å². The number of hydrogen-bond donors (Lipinski definition) is 0. The Morgan fingerprint density at radius 3 is 1.42 bits per heavy atom. The summed E-state index contributed by atoms with van der Waals surface area (Å²) in [6.07, 6.45) is 1.84. The second-order valence-corrected chi connectivity index (χ2v) is 12.2. The molecule has 0 amide bonds. The maximum Gasteiger partial charge on any atom is 0.182 e. The number of pyridine rings is 2. The van der Waals surface area contributed by atoms with E-state index in [4.69, 9.17) is 24.9 Å². The minimum Gasteiger partial charge on any atom is -0.294 e. The molecule has 0 bridgehead atoms. The molecule has 0 aliphatic heterocycles. The largest absolute Gasteiger partial charge is 0.294 e. The van der Waals surface area contributed by atoms with Gasteiger partial charge in [-0.15, -0.1) is 0 Å². The van der Waals surface area contributed by atoms with Gasteiger partial charge in [-0.3, -0.25) is 9.13 Å². The van der Waals surface area contributed by atoms with E-state index in [0.717, 1.165) is 50.2 Å². The van der Waals surface area contributed by atoms with Crippen molar-refractivity contribution in [1.82, 2.24) is 34.1 Å². The van der Waals surface area contributed by atoms with Crippen LogP contribution < -0.4 is 0 Å². The van der Waals surface area contributed by atoms with E-state index in [-0.39, 0.29) is 0 Å². The lowest BCUT2D eigenvalue weighted by Crippen LogP contribution is -2.03. The van der Waals surface area contributed by atoms with Crippen LogP contribution in [0, 0.1) is 0 Å². The smallest absolute Gasteiger partial charge is 0.182 e. The van der Waals surface area contributed by atoms with Crippen molar-refractivity contribution in [2.24, 2.45) is 0 Å². The number of hydrogen-bond acceptors (Lipinski definition) is 5. The van der Waals surface area contributed by atoms with E-state index in [2.05, 4.69) is 75.9 Å². The first kappa shape index (κ1) is 28.1. The molecule has 5 aromatic heterocycles. The second kappa shape index (κ2) is 11.3. The van der Waals surface area contributed by atoms with Gasteiger partial charge < -0.3 is 0 Å². The molecule has 7 heteroatoms. The third-order valence-corrected chi connectivity index (χ3v) is 9.24. The fourth-order valence-electron chi connectivity index (χ4n) is 7.09. The fraction of sp³-hybridized carbons (Fsp3) is 0. The van der Waals surface area contributed by atoms with Gasteiger partial charge in [0.25, 0.3) is 0 Å². The van der Waals surface area contributed by atoms with Gasteiger partial charge in [-0.25, -0.2) is 24.9 Å². The van der Waals surface area contributed by atoms with Gasteiger partial charge in [0.15, 0.2) is 17.5 Å². The summed E-state index contributed by atoms with van der Waals surface area (Å²) in [5.74, 6) is 3.39. The summed E-state index contributed by atoms with van der Waals surface area (Å²) >= 11 is 0. The van der Waals surface area contributed by atoms with Gasteiger partial charge in [-0.1, -0.05) is 109 Å². The zero-order chi connectivity index (χ0) is 33.0. The van der Waals surface area contributed by atoms with E-state index in [9.17, 15) is 0 Å². The van der Waals surface area contributed by atoms with Crippen molar-refractivity contribution in [3.8, 4) is 45.9 Å². The van der Waals surface area contributed by atoms with Gasteiger partial charge in [0, 0.05) is 38.9 Å². The Morgan fingerprint density at radius 2 is 0.840 bits per heavy atom. The highest BCUT2D eigenvalue weighted by Gasteiger charge is 2.21. The average Bonchev–Trinajstić information content (AvgIpc) is 3.72. The lowest BCUT2D eigenvalue weighted by atomic mass is 10.1. The van der Waals surface area contributed by atoms with E-state index >= 15 is 0 Å². The Kier molecular flexibility index (Phi) is 6.35. The molecule has 0 saturated carbocycles. The highest BCUT2D eigenvalue weighted by molar-refractivity contribution is 6.28. The molecule has 10 rings (SSSR count). The van der Waals surface area contributed by atoms with Crippen LogP contribution in [0.15, 0.2) is 164 Å². The summed E-state index contributed by atoms with van der Waals surface area (Å²) in [5.41, 5.74) is 6.86. The number of benzene rings is 5. The highest BCUT2D eigenvalue weighted by Crippen LogP contribution is 2.42. The zero-order valence-corrected chi connectivity index (χ0v) is 26.7. The Morgan fingerprint density at radius 1 is 0.340 bits per heavy atom. The van der Waals surface area contributed by atoms with Crippen molar-refractivity contribution < 1.29 is 0 Å². The Balaban J connectivity index is 1.22. The molecule has 0 N–H and O–H groups in total. The van der Waals surface area contributed by atoms with Gasteiger partial charge in [-0.2, -0.15) is 0 Å². The van der Waals surface area contributed by atoms with Crippen LogP contribution in [0.1, 0.15) is 0 Å². The molecule has 0 unspecified atom stereocenters. The van der Waals surface area contributed by atoms with E-state index in [1.807, 2.05) is 97.2 Å². The van der Waals surface area contributed by atoms with E-state index < -0.39 is 0 Å². The molecule has 0 aliphatic rings. The molecule has 0 saturated heterocycles. The summed E-state index contributed by atoms with van der Waals surface area (Å²) in [7, 11) is 0. The molecule has 234 valence electrons. The number of aromatic nitrogens is 7. The van der Waals surface area contributed by atoms with Gasteiger partial charge in [0.05, 0.1) is 22.1 Å². The minimum atomic E-state index is 0.515. The maximum atomic E-state index is 5.25. The first-order chi connectivity index (χ1) is 24.8. The van der Waals surface area contributed by atoms with Gasteiger partial charge in [0.2, 0.25) is 0 Å². The second-order valence-electron chi connectivity index (χ2n) is 12.2. The van der Waals surface area contributed by atoms with Crippen LogP contribution in [-0.4, -0.2) is 34.1 Å². The average molecular weight is 642 g/mol. The van der Waals surface area contributed by atoms with Crippen LogP contribution in [-0.2, 0) is 0 Å². The molecular weight excluding hydrogens is 615 g/mol. The van der Waals surface area contributed by atoms with Gasteiger partial charge >= 0.3 is 0 Å². The SMILES string of the molecule is c1ccc(-c2nc(-c3ccccc3)nc(-c3cccc(-n4c5ccccc5c5c6c7ccccc7n(-c7ccccn7)c6ccc54)n3)n2)cc1. The molecule has 5 aromatic carbocycles. The van der Waals surface area contributed by atoms with E-state index in [0.29, 0.717) is 23.2 Å². The summed E-state index contributed by atoms with van der Waals surface area (Å²) in [4.78, 5) is 24.8. The van der Waals surface area contributed by atoms with Crippen LogP contribution in [0.3, 0.4) is 0 Å². The van der Waals surface area contributed by atoms with Gasteiger partial charge in [-0.05, 0) is 48.5 Å². The lowest BCUT2D eigenvalue weighted by molar-refractivity contribution is 1.03. The molecule has 7 nitrogen and oxygen atoms in total. The van der Waals surface area contributed by atoms with Crippen LogP contribution in [0.25, 0.3) is 89.5 Å². The lowest BCUT2D eigenvalue weighted by Gasteiger charge is -2.11. The Labute approximate surface area is 286 Å². The number of para-hydroxylation sites is 2. The molecular formula is C43H27N7. The predicted molar refractivity (Wildman–Crippen MR) is 200 cm³/mol. The Hall–Kier alpha value is -6.99. The van der Waals surface area contributed by atoms with Crippen LogP contribution in [0.4, 0.5) is 0 Å². The van der Waals surface area contributed by atoms with Crippen molar-refractivity contribution in [1.29, 1.82) is 0 Å². The van der Waals surface area contributed by atoms with E-state index in [1.165, 1.54) is 16.2 Å². The minimum absolute atomic E-state index is 0.515. The predicted octanol–water partition coefficient (Wildman–Crippen LogP) is 9.86. The monoisotopic (exact) mass is 641 g/mol. The number of fused-ring (bicyclic) bond motifs is 7. The summed E-state index contributed by atoms with van der Waals surface area (Å²) in [5, 5.41) is 4.69. The van der Waals surface area contributed by atoms with Crippen molar-refractivity contribution in [2.75, 3.05) is 0 Å². The standard InChI is InChI=1S/C43H27N7/c1-3-14-28(15-4-1)41-46-42(29-16-5-2-6-17-29)48-43(47-41)32-20-13-24-38(45-32)50-34-22-10-8-19-31(34)40-36(50)26-25-35-39(40)30-18-7-9-21-33(30)49(35)37-23-11-12-27-44-37/h1-27H. The molecule has 10 aromatic rings. The maximum absolute atomic E-state index is 5.25. The van der Waals surface area contributed by atoms with E-state index in [1.54, 1.807) is 0 Å². The summed E-state index contributed by atoms with van der Waals surface area (Å²) in [6, 6.07) is 53.6. The van der Waals surface area contributed by atoms with Crippen LogP contribution in [0.5, 0.6) is 0 Å². The summed E-state index contributed by atoms with van der Waals surface area (Å²) < 4.78 is 4.50. The van der Waals surface area contributed by atoms with Crippen LogP contribution in [0.2, 0.25) is 0 Å².